The van der Waals surface area contributed by atoms with Gasteiger partial charge in [-0.3, -0.25) is 4.99 Å². The number of H-pyrrole nitrogens is 1. The van der Waals surface area contributed by atoms with Crippen molar-refractivity contribution in [1.82, 2.24) is 15.2 Å². The predicted octanol–water partition coefficient (Wildman–Crippen LogP) is 2.27. The number of nitrogens with one attached hydrogen (secondary N) is 1. The minimum Gasteiger partial charge on any atom is -0.423 e. The smallest absolute Gasteiger partial charge is 0.247 e. The fraction of sp³-hybridized carbons (Fsp3) is 0.0833. The summed E-state index contributed by atoms with van der Waals surface area (Å²) in [5, 5.41) is 8.66. The van der Waals surface area contributed by atoms with Crippen molar-refractivity contribution in [1.29, 1.82) is 0 Å². The van der Waals surface area contributed by atoms with Gasteiger partial charge < -0.3 is 9.40 Å². The highest BCUT2D eigenvalue weighted by Crippen LogP contribution is 2.24. The summed E-state index contributed by atoms with van der Waals surface area (Å²) in [4.78, 5) is 7.21. The molecule has 3 aromatic rings. The molecule has 0 saturated carbocycles. The number of hydrogen-bond donors (Lipinski definition) is 1. The highest BCUT2D eigenvalue weighted by molar-refractivity contribution is 6.00. The fourth-order valence-electron chi connectivity index (χ4n) is 1.82. The molecule has 0 saturated heterocycles. The molecule has 17 heavy (non-hydrogen) atoms. The summed E-state index contributed by atoms with van der Waals surface area (Å²) in [6, 6.07) is 5.94. The second-order valence-electron chi connectivity index (χ2n) is 3.64. The molecule has 0 radical (unpaired) electrons. The van der Waals surface area contributed by atoms with E-state index in [1.165, 1.54) is 6.39 Å². The topological polar surface area (TPSA) is 67.1 Å². The lowest BCUT2D eigenvalue weighted by atomic mass is 10.1. The number of nitrogens with zero attached hydrogens (tertiary/aromatic N) is 3. The third-order valence-corrected chi connectivity index (χ3v) is 2.59. The van der Waals surface area contributed by atoms with Gasteiger partial charge in [-0.15, -0.1) is 10.2 Å². The lowest BCUT2D eigenvalue weighted by Crippen LogP contribution is -1.81. The molecule has 0 fully saturated rings. The molecule has 3 rings (SSSR count). The number of rotatable bonds is 2. The zero-order valence-electron chi connectivity index (χ0n) is 9.21. The van der Waals surface area contributed by atoms with E-state index >= 15 is 0 Å². The molecular weight excluding hydrogens is 216 g/mol. The fourth-order valence-corrected chi connectivity index (χ4v) is 1.82. The molecule has 2 aromatic heterocycles. The van der Waals surface area contributed by atoms with Crippen LogP contribution in [0.15, 0.2) is 40.2 Å². The largest absolute Gasteiger partial charge is 0.423 e. The summed E-state index contributed by atoms with van der Waals surface area (Å²) in [6.07, 6.45) is 5.07. The minimum absolute atomic E-state index is 0.521. The Balaban J connectivity index is 2.20. The maximum atomic E-state index is 5.18. The van der Waals surface area contributed by atoms with Crippen LogP contribution in [0.5, 0.6) is 0 Å². The monoisotopic (exact) mass is 226 g/mol. The van der Waals surface area contributed by atoms with Crippen molar-refractivity contribution >= 4 is 17.1 Å². The number of benzene rings is 1. The maximum absolute atomic E-state index is 5.18. The van der Waals surface area contributed by atoms with Crippen molar-refractivity contribution in [3.8, 4) is 11.5 Å². The van der Waals surface area contributed by atoms with Crippen LogP contribution in [-0.4, -0.2) is 28.4 Å². The van der Waals surface area contributed by atoms with E-state index in [4.69, 9.17) is 4.42 Å². The van der Waals surface area contributed by atoms with Gasteiger partial charge in [0, 0.05) is 41.5 Å². The van der Waals surface area contributed by atoms with Crippen LogP contribution in [0, 0.1) is 0 Å². The van der Waals surface area contributed by atoms with E-state index in [2.05, 4.69) is 20.2 Å². The van der Waals surface area contributed by atoms with E-state index in [1.807, 2.05) is 30.6 Å². The zero-order valence-corrected chi connectivity index (χ0v) is 9.21. The highest BCUT2D eigenvalue weighted by atomic mass is 16.4. The van der Waals surface area contributed by atoms with Crippen LogP contribution in [0.3, 0.4) is 0 Å². The van der Waals surface area contributed by atoms with Crippen molar-refractivity contribution < 1.29 is 4.42 Å². The van der Waals surface area contributed by atoms with E-state index in [9.17, 15) is 0 Å². The third kappa shape index (κ3) is 1.61. The van der Waals surface area contributed by atoms with Gasteiger partial charge in [-0.1, -0.05) is 0 Å². The second kappa shape index (κ2) is 3.86. The Labute approximate surface area is 97.2 Å². The molecule has 2 heterocycles. The van der Waals surface area contributed by atoms with Crippen LogP contribution in [0.1, 0.15) is 5.56 Å². The Kier molecular flexibility index (Phi) is 2.22. The van der Waals surface area contributed by atoms with Crippen LogP contribution in [0.2, 0.25) is 0 Å². The lowest BCUT2D eigenvalue weighted by molar-refractivity contribution is 0.569. The average Bonchev–Trinajstić information content (AvgIpc) is 2.98. The van der Waals surface area contributed by atoms with Crippen LogP contribution in [-0.2, 0) is 0 Å². The zero-order chi connectivity index (χ0) is 11.7. The van der Waals surface area contributed by atoms with E-state index in [0.717, 1.165) is 22.0 Å². The van der Waals surface area contributed by atoms with Crippen molar-refractivity contribution in [2.75, 3.05) is 7.05 Å². The molecule has 0 bridgehead atoms. The Morgan fingerprint density at radius 1 is 1.41 bits per heavy atom. The van der Waals surface area contributed by atoms with Gasteiger partial charge in [-0.25, -0.2) is 0 Å². The van der Waals surface area contributed by atoms with Crippen LogP contribution >= 0.6 is 0 Å². The maximum Gasteiger partial charge on any atom is 0.247 e. The Hall–Kier alpha value is -2.43. The van der Waals surface area contributed by atoms with Gasteiger partial charge in [-0.2, -0.15) is 0 Å². The Morgan fingerprint density at radius 2 is 2.35 bits per heavy atom. The van der Waals surface area contributed by atoms with Gasteiger partial charge in [0.05, 0.1) is 0 Å². The van der Waals surface area contributed by atoms with Crippen LogP contribution < -0.4 is 0 Å². The normalized spacial score (nSPS) is 11.6. The Bertz CT molecular complexity index is 667. The molecule has 0 aliphatic heterocycles. The predicted molar refractivity (Wildman–Crippen MR) is 65.1 cm³/mol. The second-order valence-corrected chi connectivity index (χ2v) is 3.64. The summed E-state index contributed by atoms with van der Waals surface area (Å²) in [6.45, 7) is 0. The van der Waals surface area contributed by atoms with E-state index in [-0.39, 0.29) is 0 Å². The Morgan fingerprint density at radius 3 is 3.12 bits per heavy atom. The first-order valence-corrected chi connectivity index (χ1v) is 5.18. The van der Waals surface area contributed by atoms with E-state index < -0.39 is 0 Å². The molecule has 0 atom stereocenters. The first kappa shape index (κ1) is 9.77. The first-order chi connectivity index (χ1) is 8.38. The van der Waals surface area contributed by atoms with Crippen molar-refractivity contribution in [3.05, 3.63) is 36.4 Å². The standard InChI is InChI=1S/C12H10N4O/c1-13-5-9-6-14-11-3-2-8(4-10(9)11)12-16-15-7-17-12/h2-7,14H,1H3. The first-order valence-electron chi connectivity index (χ1n) is 5.18. The SMILES string of the molecule is CN=Cc1c[nH]c2ccc(-c3nnco3)cc12. The van der Waals surface area contributed by atoms with Gasteiger partial charge in [0.1, 0.15) is 0 Å². The molecule has 1 aromatic carbocycles. The summed E-state index contributed by atoms with van der Waals surface area (Å²) < 4.78 is 5.18. The minimum atomic E-state index is 0.521. The summed E-state index contributed by atoms with van der Waals surface area (Å²) >= 11 is 0. The van der Waals surface area contributed by atoms with Crippen LogP contribution in [0.25, 0.3) is 22.4 Å². The number of fused-ring (bicyclic) bond motifs is 1. The molecule has 0 aliphatic rings. The number of aromatic amines is 1. The molecule has 0 spiro atoms. The number of hydrogen-bond acceptors (Lipinski definition) is 4. The molecular formula is C12H10N4O. The highest BCUT2D eigenvalue weighted by Gasteiger charge is 2.07. The van der Waals surface area contributed by atoms with Gasteiger partial charge >= 0.3 is 0 Å². The van der Waals surface area contributed by atoms with Gasteiger partial charge in [0.2, 0.25) is 12.3 Å². The number of aromatic nitrogens is 3. The van der Waals surface area contributed by atoms with Gasteiger partial charge in [-0.05, 0) is 18.2 Å². The molecule has 0 amide bonds. The molecule has 0 aliphatic carbocycles. The lowest BCUT2D eigenvalue weighted by Gasteiger charge is -1.96. The van der Waals surface area contributed by atoms with Gasteiger partial charge in [0.15, 0.2) is 0 Å². The molecule has 1 N–H and O–H groups in total. The van der Waals surface area contributed by atoms with Crippen molar-refractivity contribution in [3.63, 3.8) is 0 Å². The molecule has 0 unspecified atom stereocenters. The third-order valence-electron chi connectivity index (χ3n) is 2.59. The van der Waals surface area contributed by atoms with Gasteiger partial charge in [0.25, 0.3) is 0 Å². The summed E-state index contributed by atoms with van der Waals surface area (Å²) in [5.41, 5.74) is 3.01. The quantitative estimate of drug-likeness (QED) is 0.681. The van der Waals surface area contributed by atoms with Crippen molar-refractivity contribution in [2.45, 2.75) is 0 Å². The van der Waals surface area contributed by atoms with Crippen molar-refractivity contribution in [2.24, 2.45) is 4.99 Å². The molecule has 5 nitrogen and oxygen atoms in total. The average molecular weight is 226 g/mol. The van der Waals surface area contributed by atoms with E-state index in [0.29, 0.717) is 5.89 Å². The molecule has 5 heteroatoms. The van der Waals surface area contributed by atoms with Crippen LogP contribution in [0.4, 0.5) is 0 Å². The van der Waals surface area contributed by atoms with E-state index in [1.54, 1.807) is 7.05 Å². The number of aliphatic imine (C=N–C) groups is 1. The summed E-state index contributed by atoms with van der Waals surface area (Å²) in [5.74, 6) is 0.521. The summed E-state index contributed by atoms with van der Waals surface area (Å²) in [7, 11) is 1.75. The molecule has 84 valence electrons.